The van der Waals surface area contributed by atoms with Crippen molar-refractivity contribution in [1.82, 2.24) is 4.90 Å². The van der Waals surface area contributed by atoms with E-state index in [1.165, 1.54) is 0 Å². The van der Waals surface area contributed by atoms with Crippen molar-refractivity contribution in [2.45, 2.75) is 19.6 Å². The lowest BCUT2D eigenvalue weighted by atomic mass is 10.3. The Hall–Kier alpha value is -2.60. The second-order valence-electron chi connectivity index (χ2n) is 6.42. The molecule has 138 valence electrons. The molecule has 0 saturated carbocycles. The van der Waals surface area contributed by atoms with Crippen molar-refractivity contribution in [3.63, 3.8) is 0 Å². The van der Waals surface area contributed by atoms with Crippen LogP contribution in [0.15, 0.2) is 42.5 Å². The fourth-order valence-corrected chi connectivity index (χ4v) is 2.58. The van der Waals surface area contributed by atoms with Crippen LogP contribution < -0.4 is 19.5 Å². The average Bonchev–Trinajstić information content (AvgIpc) is 2.89. The molecule has 6 nitrogen and oxygen atoms in total. The number of hydrogen-bond acceptors (Lipinski definition) is 4. The van der Waals surface area contributed by atoms with Gasteiger partial charge in [-0.05, 0) is 36.4 Å². The Bertz CT molecular complexity index is 793. The van der Waals surface area contributed by atoms with Gasteiger partial charge in [0, 0.05) is 37.7 Å². The molecule has 1 aliphatic rings. The lowest BCUT2D eigenvalue weighted by Gasteiger charge is -2.18. The van der Waals surface area contributed by atoms with Crippen LogP contribution in [0, 0.1) is 0 Å². The Balaban J connectivity index is 1.49. The zero-order valence-corrected chi connectivity index (χ0v) is 15.7. The summed E-state index contributed by atoms with van der Waals surface area (Å²) in [6, 6.07) is 12.2. The summed E-state index contributed by atoms with van der Waals surface area (Å²) in [5.74, 6) is 1.29. The lowest BCUT2D eigenvalue weighted by Crippen LogP contribution is -2.34. The molecule has 0 unspecified atom stereocenters. The zero-order valence-electron chi connectivity index (χ0n) is 14.9. The van der Waals surface area contributed by atoms with E-state index in [1.54, 1.807) is 54.4 Å². The van der Waals surface area contributed by atoms with Crippen molar-refractivity contribution in [2.24, 2.45) is 0 Å². The number of anilines is 1. The summed E-state index contributed by atoms with van der Waals surface area (Å²) in [6.45, 7) is 4.48. The smallest absolute Gasteiger partial charge is 0.321 e. The summed E-state index contributed by atoms with van der Waals surface area (Å²) in [5.41, 5.74) is 0.639. The molecule has 26 heavy (non-hydrogen) atoms. The number of amides is 2. The Morgan fingerprint density at radius 1 is 1.15 bits per heavy atom. The number of benzene rings is 2. The van der Waals surface area contributed by atoms with Crippen LogP contribution in [-0.4, -0.2) is 36.9 Å². The first-order valence-electron chi connectivity index (χ1n) is 8.25. The first kappa shape index (κ1) is 18.2. The van der Waals surface area contributed by atoms with Crippen molar-refractivity contribution in [3.05, 3.63) is 47.5 Å². The molecule has 2 aromatic carbocycles. The number of urea groups is 1. The zero-order chi connectivity index (χ0) is 18.7. The van der Waals surface area contributed by atoms with Gasteiger partial charge in [0.25, 0.3) is 0 Å². The van der Waals surface area contributed by atoms with E-state index in [0.717, 1.165) is 0 Å². The molecule has 0 fully saturated rings. The van der Waals surface area contributed by atoms with Gasteiger partial charge in [-0.15, -0.1) is 0 Å². The molecule has 0 bridgehead atoms. The predicted octanol–water partition coefficient (Wildman–Crippen LogP) is 4.39. The van der Waals surface area contributed by atoms with E-state index < -0.39 is 5.79 Å². The minimum absolute atomic E-state index is 0.233. The second kappa shape index (κ2) is 7.33. The number of fused-ring (bicyclic) bond motifs is 1. The first-order chi connectivity index (χ1) is 12.3. The third-order valence-corrected chi connectivity index (χ3v) is 4.01. The molecule has 1 heterocycles. The highest BCUT2D eigenvalue weighted by atomic mass is 35.5. The standard InChI is InChI=1S/C19H21ClN2O4/c1-19(2)25-16-9-6-14(12-17(16)26-19)21-18(23)22(3)10-11-24-15-7-4-13(20)5-8-15/h4-9,12H,10-11H2,1-3H3,(H,21,23). The van der Waals surface area contributed by atoms with E-state index in [9.17, 15) is 4.79 Å². The minimum atomic E-state index is -0.694. The maximum Gasteiger partial charge on any atom is 0.321 e. The number of halogens is 1. The van der Waals surface area contributed by atoms with Crippen LogP contribution in [0.1, 0.15) is 13.8 Å². The molecule has 0 atom stereocenters. The second-order valence-corrected chi connectivity index (χ2v) is 6.86. The number of ether oxygens (including phenoxy) is 3. The number of carbonyl (C=O) groups excluding carboxylic acids is 1. The number of nitrogens with one attached hydrogen (secondary N) is 1. The van der Waals surface area contributed by atoms with Crippen LogP contribution >= 0.6 is 11.6 Å². The fraction of sp³-hybridized carbons (Fsp3) is 0.316. The SMILES string of the molecule is CN(CCOc1ccc(Cl)cc1)C(=O)Nc1ccc2c(c1)OC(C)(C)O2. The van der Waals surface area contributed by atoms with E-state index in [2.05, 4.69) is 5.32 Å². The van der Waals surface area contributed by atoms with Crippen molar-refractivity contribution < 1.29 is 19.0 Å². The van der Waals surface area contributed by atoms with Gasteiger partial charge in [-0.1, -0.05) is 11.6 Å². The van der Waals surface area contributed by atoms with Gasteiger partial charge in [0.15, 0.2) is 11.5 Å². The van der Waals surface area contributed by atoms with Gasteiger partial charge in [-0.3, -0.25) is 0 Å². The highest BCUT2D eigenvalue weighted by molar-refractivity contribution is 6.30. The topological polar surface area (TPSA) is 60.0 Å². The summed E-state index contributed by atoms with van der Waals surface area (Å²) in [7, 11) is 1.71. The van der Waals surface area contributed by atoms with Crippen LogP contribution in [0.3, 0.4) is 0 Å². The van der Waals surface area contributed by atoms with Crippen LogP contribution in [-0.2, 0) is 0 Å². The minimum Gasteiger partial charge on any atom is -0.492 e. The van der Waals surface area contributed by atoms with Gasteiger partial charge in [0.05, 0.1) is 6.54 Å². The molecule has 2 amide bonds. The molecule has 7 heteroatoms. The molecular weight excluding hydrogens is 356 g/mol. The normalized spacial score (nSPS) is 14.0. The Labute approximate surface area is 157 Å². The Kier molecular flexibility index (Phi) is 5.13. The predicted molar refractivity (Wildman–Crippen MR) is 100 cm³/mol. The monoisotopic (exact) mass is 376 g/mol. The maximum atomic E-state index is 12.3. The fourth-order valence-electron chi connectivity index (χ4n) is 2.45. The molecule has 0 spiro atoms. The van der Waals surface area contributed by atoms with E-state index >= 15 is 0 Å². The van der Waals surface area contributed by atoms with E-state index in [-0.39, 0.29) is 6.03 Å². The van der Waals surface area contributed by atoms with E-state index in [4.69, 9.17) is 25.8 Å². The van der Waals surface area contributed by atoms with Crippen molar-refractivity contribution in [1.29, 1.82) is 0 Å². The highest BCUT2D eigenvalue weighted by Crippen LogP contribution is 2.40. The highest BCUT2D eigenvalue weighted by Gasteiger charge is 2.31. The third kappa shape index (κ3) is 4.52. The van der Waals surface area contributed by atoms with E-state index in [0.29, 0.717) is 41.1 Å². The molecule has 0 aliphatic carbocycles. The summed E-state index contributed by atoms with van der Waals surface area (Å²) >= 11 is 5.83. The van der Waals surface area contributed by atoms with Crippen LogP contribution in [0.5, 0.6) is 17.2 Å². The number of likely N-dealkylation sites (N-methyl/N-ethyl adjacent to an activating group) is 1. The van der Waals surface area contributed by atoms with Gasteiger partial charge < -0.3 is 24.4 Å². The summed E-state index contributed by atoms with van der Waals surface area (Å²) in [5, 5.41) is 3.49. The Morgan fingerprint density at radius 3 is 2.58 bits per heavy atom. The largest absolute Gasteiger partial charge is 0.492 e. The van der Waals surface area contributed by atoms with Gasteiger partial charge in [0.1, 0.15) is 12.4 Å². The molecule has 0 radical (unpaired) electrons. The third-order valence-electron chi connectivity index (χ3n) is 3.76. The van der Waals surface area contributed by atoms with Crippen molar-refractivity contribution in [3.8, 4) is 17.2 Å². The molecule has 0 saturated heterocycles. The van der Waals surface area contributed by atoms with Gasteiger partial charge in [-0.2, -0.15) is 0 Å². The number of rotatable bonds is 5. The van der Waals surface area contributed by atoms with Crippen LogP contribution in [0.25, 0.3) is 0 Å². The first-order valence-corrected chi connectivity index (χ1v) is 8.63. The lowest BCUT2D eigenvalue weighted by molar-refractivity contribution is -0.0431. The molecule has 1 N–H and O–H groups in total. The molecule has 0 aromatic heterocycles. The van der Waals surface area contributed by atoms with Crippen molar-refractivity contribution >= 4 is 23.3 Å². The number of hydrogen-bond donors (Lipinski definition) is 1. The quantitative estimate of drug-likeness (QED) is 0.840. The molecule has 3 rings (SSSR count). The maximum absolute atomic E-state index is 12.3. The molecule has 1 aliphatic heterocycles. The van der Waals surface area contributed by atoms with E-state index in [1.807, 2.05) is 13.8 Å². The Morgan fingerprint density at radius 2 is 1.85 bits per heavy atom. The van der Waals surface area contributed by atoms with Crippen molar-refractivity contribution in [2.75, 3.05) is 25.5 Å². The van der Waals surface area contributed by atoms with Crippen LogP contribution in [0.4, 0.5) is 10.5 Å². The summed E-state index contributed by atoms with van der Waals surface area (Å²) < 4.78 is 16.9. The molecule has 2 aromatic rings. The van der Waals surface area contributed by atoms with Crippen LogP contribution in [0.2, 0.25) is 5.02 Å². The summed E-state index contributed by atoms with van der Waals surface area (Å²) in [4.78, 5) is 13.8. The van der Waals surface area contributed by atoms with Gasteiger partial charge in [-0.25, -0.2) is 4.79 Å². The van der Waals surface area contributed by atoms with Gasteiger partial charge >= 0.3 is 6.03 Å². The summed E-state index contributed by atoms with van der Waals surface area (Å²) in [6.07, 6.45) is 0. The number of nitrogens with zero attached hydrogens (tertiary/aromatic N) is 1. The number of carbonyl (C=O) groups is 1. The average molecular weight is 377 g/mol. The molecular formula is C19H21ClN2O4. The van der Waals surface area contributed by atoms with Gasteiger partial charge in [0.2, 0.25) is 5.79 Å².